The van der Waals surface area contributed by atoms with Gasteiger partial charge in [-0.25, -0.2) is 0 Å². The van der Waals surface area contributed by atoms with E-state index in [4.69, 9.17) is 16.1 Å². The van der Waals surface area contributed by atoms with E-state index in [1.807, 2.05) is 11.8 Å². The fraction of sp³-hybridized carbons (Fsp3) is 0.714. The summed E-state index contributed by atoms with van der Waals surface area (Å²) in [7, 11) is 0. The van der Waals surface area contributed by atoms with Gasteiger partial charge in [0.2, 0.25) is 11.1 Å². The van der Waals surface area contributed by atoms with Crippen molar-refractivity contribution in [2.75, 3.05) is 13.1 Å². The van der Waals surface area contributed by atoms with E-state index in [2.05, 4.69) is 5.16 Å². The Bertz CT molecular complexity index is 453. The van der Waals surface area contributed by atoms with E-state index in [-0.39, 0.29) is 23.1 Å². The molecule has 5 nitrogen and oxygen atoms in total. The summed E-state index contributed by atoms with van der Waals surface area (Å²) >= 11 is 5.89. The molecular weight excluding hydrogens is 280 g/mol. The van der Waals surface area contributed by atoms with Crippen molar-refractivity contribution in [3.8, 4) is 0 Å². The number of nitrogens with zero attached hydrogens (tertiary/aromatic N) is 2. The van der Waals surface area contributed by atoms with Crippen molar-refractivity contribution in [2.24, 2.45) is 5.92 Å². The van der Waals surface area contributed by atoms with Crippen LogP contribution < -0.4 is 0 Å². The lowest BCUT2D eigenvalue weighted by molar-refractivity contribution is -0.133. The highest BCUT2D eigenvalue weighted by Gasteiger charge is 2.26. The van der Waals surface area contributed by atoms with Gasteiger partial charge >= 0.3 is 0 Å². The number of rotatable bonds is 4. The van der Waals surface area contributed by atoms with Crippen LogP contribution in [-0.2, 0) is 11.2 Å². The third-order valence-corrected chi connectivity index (χ3v) is 4.32. The minimum Gasteiger partial charge on any atom is -0.393 e. The number of halogens is 1. The van der Waals surface area contributed by atoms with Crippen molar-refractivity contribution < 1.29 is 14.4 Å². The van der Waals surface area contributed by atoms with Crippen molar-refractivity contribution in [1.29, 1.82) is 0 Å². The highest BCUT2D eigenvalue weighted by atomic mass is 35.5. The summed E-state index contributed by atoms with van der Waals surface area (Å²) in [5.41, 5.74) is 1.55. The summed E-state index contributed by atoms with van der Waals surface area (Å²) in [4.78, 5) is 14.1. The van der Waals surface area contributed by atoms with Crippen LogP contribution in [0.3, 0.4) is 0 Å². The first kappa shape index (κ1) is 15.3. The lowest BCUT2D eigenvalue weighted by atomic mass is 9.93. The van der Waals surface area contributed by atoms with Crippen LogP contribution in [0.5, 0.6) is 0 Å². The summed E-state index contributed by atoms with van der Waals surface area (Å²) in [6, 6.07) is 0. The van der Waals surface area contributed by atoms with Crippen molar-refractivity contribution in [2.45, 2.75) is 45.6 Å². The van der Waals surface area contributed by atoms with Crippen LogP contribution in [0.4, 0.5) is 0 Å². The number of aliphatic hydroxyl groups excluding tert-OH is 1. The van der Waals surface area contributed by atoms with Crippen LogP contribution in [-0.4, -0.2) is 40.3 Å². The SMILES string of the molecule is Cc1noc(Cl)c1CCC(=O)N1CCCC(C(C)O)C1. The molecule has 2 rings (SSSR count). The van der Waals surface area contributed by atoms with E-state index in [0.717, 1.165) is 30.6 Å². The maximum absolute atomic E-state index is 12.2. The quantitative estimate of drug-likeness (QED) is 0.925. The summed E-state index contributed by atoms with van der Waals surface area (Å²) in [6.45, 7) is 5.03. The molecule has 6 heteroatoms. The smallest absolute Gasteiger partial charge is 0.229 e. The predicted molar refractivity (Wildman–Crippen MR) is 75.6 cm³/mol. The number of amides is 1. The normalized spacial score (nSPS) is 21.0. The van der Waals surface area contributed by atoms with Crippen LogP contribution in [0.2, 0.25) is 5.22 Å². The van der Waals surface area contributed by atoms with E-state index >= 15 is 0 Å². The van der Waals surface area contributed by atoms with Gasteiger partial charge in [0.15, 0.2) is 0 Å². The molecule has 112 valence electrons. The second-order valence-corrected chi connectivity index (χ2v) is 5.85. The number of aryl methyl sites for hydroxylation is 1. The molecule has 1 aromatic heterocycles. The zero-order valence-corrected chi connectivity index (χ0v) is 12.7. The van der Waals surface area contributed by atoms with Crippen molar-refractivity contribution in [3.05, 3.63) is 16.5 Å². The zero-order chi connectivity index (χ0) is 14.7. The van der Waals surface area contributed by atoms with Gasteiger partial charge in [0.1, 0.15) is 0 Å². The topological polar surface area (TPSA) is 66.6 Å². The molecule has 0 radical (unpaired) electrons. The number of aliphatic hydroxyl groups is 1. The molecule has 0 saturated carbocycles. The lowest BCUT2D eigenvalue weighted by Crippen LogP contribution is -2.43. The number of hydrogen-bond acceptors (Lipinski definition) is 4. The molecule has 2 atom stereocenters. The molecular formula is C14H21ClN2O3. The third kappa shape index (κ3) is 3.52. The van der Waals surface area contributed by atoms with Crippen molar-refractivity contribution in [3.63, 3.8) is 0 Å². The second kappa shape index (κ2) is 6.59. The first-order valence-corrected chi connectivity index (χ1v) is 7.43. The van der Waals surface area contributed by atoms with Crippen molar-refractivity contribution in [1.82, 2.24) is 10.1 Å². The minimum absolute atomic E-state index is 0.104. The van der Waals surface area contributed by atoms with Crippen LogP contribution in [0.1, 0.15) is 37.4 Å². The number of aromatic nitrogens is 1. The predicted octanol–water partition coefficient (Wildman–Crippen LogP) is 2.19. The van der Waals surface area contributed by atoms with Gasteiger partial charge in [-0.05, 0) is 44.7 Å². The Kier molecular flexibility index (Phi) is 5.05. The molecule has 1 fully saturated rings. The second-order valence-electron chi connectivity index (χ2n) is 5.50. The van der Waals surface area contributed by atoms with Gasteiger partial charge in [-0.3, -0.25) is 4.79 Å². The summed E-state index contributed by atoms with van der Waals surface area (Å²) in [5.74, 6) is 0.292. The van der Waals surface area contributed by atoms with Crippen LogP contribution in [0, 0.1) is 12.8 Å². The molecule has 0 aliphatic carbocycles. The fourth-order valence-electron chi connectivity index (χ4n) is 2.66. The average Bonchev–Trinajstić information content (AvgIpc) is 2.75. The van der Waals surface area contributed by atoms with E-state index in [0.29, 0.717) is 19.4 Å². The van der Waals surface area contributed by atoms with E-state index in [1.165, 1.54) is 0 Å². The monoisotopic (exact) mass is 300 g/mol. The van der Waals surface area contributed by atoms with Gasteiger partial charge in [-0.1, -0.05) is 5.16 Å². The maximum Gasteiger partial charge on any atom is 0.229 e. The number of carbonyl (C=O) groups excluding carboxylic acids is 1. The lowest BCUT2D eigenvalue weighted by Gasteiger charge is -2.34. The highest BCUT2D eigenvalue weighted by molar-refractivity contribution is 6.29. The number of piperidine rings is 1. The molecule has 1 amide bonds. The molecule has 1 aliphatic rings. The third-order valence-electron chi connectivity index (χ3n) is 4.02. The molecule has 20 heavy (non-hydrogen) atoms. The largest absolute Gasteiger partial charge is 0.393 e. The Hall–Kier alpha value is -1.07. The Balaban J connectivity index is 1.89. The standard InChI is InChI=1S/C14H21ClN2O3/c1-9-12(14(15)20-16-9)5-6-13(19)17-7-3-4-11(8-17)10(2)18/h10-11,18H,3-8H2,1-2H3. The Morgan fingerprint density at radius 3 is 3.00 bits per heavy atom. The zero-order valence-electron chi connectivity index (χ0n) is 11.9. The van der Waals surface area contributed by atoms with Crippen LogP contribution in [0.15, 0.2) is 4.52 Å². The first-order valence-electron chi connectivity index (χ1n) is 7.05. The van der Waals surface area contributed by atoms with Gasteiger partial charge in [-0.15, -0.1) is 0 Å². The fourth-order valence-corrected chi connectivity index (χ4v) is 2.93. The molecule has 1 aromatic rings. The maximum atomic E-state index is 12.2. The molecule has 1 saturated heterocycles. The Morgan fingerprint density at radius 2 is 2.40 bits per heavy atom. The van der Waals surface area contributed by atoms with Gasteiger partial charge in [-0.2, -0.15) is 0 Å². The van der Waals surface area contributed by atoms with Crippen molar-refractivity contribution >= 4 is 17.5 Å². The van der Waals surface area contributed by atoms with E-state index in [9.17, 15) is 9.90 Å². The van der Waals surface area contributed by atoms with Gasteiger partial charge < -0.3 is 14.5 Å². The summed E-state index contributed by atoms with van der Waals surface area (Å²) in [6.07, 6.45) is 2.52. The molecule has 1 N–H and O–H groups in total. The van der Waals surface area contributed by atoms with Gasteiger partial charge in [0, 0.05) is 31.0 Å². The Labute approximate surface area is 123 Å². The highest BCUT2D eigenvalue weighted by Crippen LogP contribution is 2.23. The molecule has 0 bridgehead atoms. The van der Waals surface area contributed by atoms with Gasteiger partial charge in [0.05, 0.1) is 11.8 Å². The molecule has 0 spiro atoms. The van der Waals surface area contributed by atoms with E-state index < -0.39 is 0 Å². The number of carbonyl (C=O) groups is 1. The van der Waals surface area contributed by atoms with E-state index in [1.54, 1.807) is 6.92 Å². The molecule has 0 aromatic carbocycles. The van der Waals surface area contributed by atoms with Crippen LogP contribution in [0.25, 0.3) is 0 Å². The Morgan fingerprint density at radius 1 is 1.65 bits per heavy atom. The number of likely N-dealkylation sites (tertiary alicyclic amines) is 1. The summed E-state index contributed by atoms with van der Waals surface area (Å²) < 4.78 is 4.88. The van der Waals surface area contributed by atoms with Gasteiger partial charge in [0.25, 0.3) is 0 Å². The minimum atomic E-state index is -0.361. The molecule has 2 unspecified atom stereocenters. The number of hydrogen-bond donors (Lipinski definition) is 1. The average molecular weight is 301 g/mol. The summed E-state index contributed by atoms with van der Waals surface area (Å²) in [5, 5.41) is 13.7. The molecule has 2 heterocycles. The van der Waals surface area contributed by atoms with Crippen LogP contribution >= 0.6 is 11.6 Å². The molecule has 1 aliphatic heterocycles. The first-order chi connectivity index (χ1) is 9.49.